The summed E-state index contributed by atoms with van der Waals surface area (Å²) in [6.45, 7) is 19.4. The fraction of sp³-hybridized carbons (Fsp3) is 1.00. The minimum absolute atomic E-state index is 0.00130. The molecule has 0 amide bonds. The Morgan fingerprint density at radius 1 is 0.311 bits per heavy atom. The van der Waals surface area contributed by atoms with E-state index in [1.54, 1.807) is 9.80 Å². The zero-order valence-corrected chi connectivity index (χ0v) is 43.4. The van der Waals surface area contributed by atoms with E-state index in [1.165, 1.54) is 0 Å². The molecule has 0 saturated heterocycles. The van der Waals surface area contributed by atoms with E-state index >= 15 is 0 Å². The van der Waals surface area contributed by atoms with Crippen LogP contribution < -0.4 is 0 Å². The van der Waals surface area contributed by atoms with Gasteiger partial charge in [-0.3, -0.25) is 28.1 Å². The third kappa shape index (κ3) is 36.3. The van der Waals surface area contributed by atoms with Gasteiger partial charge >= 0.3 is 30.4 Å². The van der Waals surface area contributed by atoms with Crippen LogP contribution in [0.25, 0.3) is 0 Å². The molecule has 0 atom stereocenters. The van der Waals surface area contributed by atoms with E-state index in [0.29, 0.717) is 65.8 Å². The Labute approximate surface area is 372 Å². The first-order chi connectivity index (χ1) is 29.3. The third-order valence-corrected chi connectivity index (χ3v) is 16.4. The quantitative estimate of drug-likeness (QED) is 0.0433. The first-order valence-electron chi connectivity index (χ1n) is 23.5. The number of rotatable bonds is 45. The standard InChI is InChI=1S/C21H47NO7P2.C20H45NO7P2/c1-5-9-16-26-30(24,27-17-10-6-2)20-22(14-13-15-23)21-31(25,28-18-11-7-3)29-19-12-8-4;1-5-9-15-25-29(23,26-16-10-6-2)19-21(13-14-22)20-30(24,27-17-11-7-3)28-18-12-8-4/h23H,5-21H2,1-4H3;22H,5-20H2,1-4H3. The summed E-state index contributed by atoms with van der Waals surface area (Å²) >= 11 is 0. The predicted molar refractivity (Wildman–Crippen MR) is 249 cm³/mol. The molecule has 0 aromatic carbocycles. The maximum atomic E-state index is 13.4. The van der Waals surface area contributed by atoms with Crippen LogP contribution in [0.3, 0.4) is 0 Å². The molecule has 0 aliphatic heterocycles. The molecule has 0 aromatic heterocycles. The van der Waals surface area contributed by atoms with Crippen molar-refractivity contribution >= 4 is 30.4 Å². The highest BCUT2D eigenvalue weighted by Crippen LogP contribution is 2.55. The Kier molecular flexibility index (Phi) is 43.6. The lowest BCUT2D eigenvalue weighted by Gasteiger charge is -2.30. The molecule has 0 aliphatic rings. The number of hydrogen-bond acceptors (Lipinski definition) is 16. The summed E-state index contributed by atoms with van der Waals surface area (Å²) in [6.07, 6.45) is 14.0. The summed E-state index contributed by atoms with van der Waals surface area (Å²) in [4.78, 5) is 3.37. The first kappa shape index (κ1) is 63.5. The molecule has 0 fully saturated rings. The van der Waals surface area contributed by atoms with Crippen LogP contribution >= 0.6 is 30.4 Å². The van der Waals surface area contributed by atoms with E-state index in [1.807, 2.05) is 55.4 Å². The van der Waals surface area contributed by atoms with E-state index in [2.05, 4.69) is 0 Å². The van der Waals surface area contributed by atoms with E-state index in [9.17, 15) is 28.5 Å². The fourth-order valence-corrected chi connectivity index (χ4v) is 12.5. The Balaban J connectivity index is 0. The highest BCUT2D eigenvalue weighted by Gasteiger charge is 2.35. The van der Waals surface area contributed by atoms with E-state index in [0.717, 1.165) is 103 Å². The fourth-order valence-electron chi connectivity index (χ4n) is 5.05. The van der Waals surface area contributed by atoms with E-state index < -0.39 is 30.4 Å². The topological polar surface area (TPSA) is 189 Å². The maximum absolute atomic E-state index is 13.4. The molecule has 0 aromatic rings. The van der Waals surface area contributed by atoms with Gasteiger partial charge in [0.05, 0.1) is 59.5 Å². The van der Waals surface area contributed by atoms with Crippen molar-refractivity contribution in [3.63, 3.8) is 0 Å². The van der Waals surface area contributed by atoms with Gasteiger partial charge in [0.15, 0.2) is 0 Å². The van der Waals surface area contributed by atoms with Crippen LogP contribution in [0.1, 0.15) is 165 Å². The minimum atomic E-state index is -3.43. The molecular weight excluding hydrogens is 868 g/mol. The van der Waals surface area contributed by atoms with Crippen molar-refractivity contribution in [3.05, 3.63) is 0 Å². The average Bonchev–Trinajstić information content (AvgIpc) is 3.21. The summed E-state index contributed by atoms with van der Waals surface area (Å²) in [5.74, 6) is 0. The number of nitrogens with zero attached hydrogens (tertiary/aromatic N) is 2. The van der Waals surface area contributed by atoms with Crippen molar-refractivity contribution in [3.8, 4) is 0 Å². The largest absolute Gasteiger partial charge is 0.396 e. The third-order valence-electron chi connectivity index (χ3n) is 8.83. The summed E-state index contributed by atoms with van der Waals surface area (Å²) in [5, 5.41) is 18.8. The summed E-state index contributed by atoms with van der Waals surface area (Å²) in [5.41, 5.74) is 0. The molecule has 2 N–H and O–H groups in total. The van der Waals surface area contributed by atoms with Crippen molar-refractivity contribution in [1.29, 1.82) is 0 Å². The van der Waals surface area contributed by atoms with Gasteiger partial charge in [0, 0.05) is 19.7 Å². The van der Waals surface area contributed by atoms with Crippen LogP contribution in [0.5, 0.6) is 0 Å². The molecular formula is C41H92N2O14P4. The lowest BCUT2D eigenvalue weighted by molar-refractivity contribution is 0.157. The second-order valence-electron chi connectivity index (χ2n) is 15.1. The van der Waals surface area contributed by atoms with E-state index in [-0.39, 0.29) is 44.9 Å². The van der Waals surface area contributed by atoms with Gasteiger partial charge in [0.25, 0.3) is 0 Å². The zero-order chi connectivity index (χ0) is 46.1. The normalized spacial score (nSPS) is 12.7. The smallest absolute Gasteiger partial charge is 0.344 e. The summed E-state index contributed by atoms with van der Waals surface area (Å²) < 4.78 is 98.8. The Morgan fingerprint density at radius 3 is 0.672 bits per heavy atom. The molecule has 370 valence electrons. The van der Waals surface area contributed by atoms with E-state index in [4.69, 9.17) is 36.2 Å². The van der Waals surface area contributed by atoms with Gasteiger partial charge in [-0.05, 0) is 57.8 Å². The van der Waals surface area contributed by atoms with Crippen molar-refractivity contribution in [2.24, 2.45) is 0 Å². The lowest BCUT2D eigenvalue weighted by Crippen LogP contribution is -2.31. The van der Waals surface area contributed by atoms with Crippen LogP contribution in [-0.2, 0) is 54.5 Å². The van der Waals surface area contributed by atoms with Gasteiger partial charge in [-0.1, -0.05) is 107 Å². The summed E-state index contributed by atoms with van der Waals surface area (Å²) in [7, 11) is -13.7. The van der Waals surface area contributed by atoms with Gasteiger partial charge in [0.1, 0.15) is 25.1 Å². The number of aliphatic hydroxyl groups is 2. The lowest BCUT2D eigenvalue weighted by atomic mass is 10.4. The molecule has 61 heavy (non-hydrogen) atoms. The predicted octanol–water partition coefficient (Wildman–Crippen LogP) is 12.1. The van der Waals surface area contributed by atoms with Gasteiger partial charge in [0.2, 0.25) is 0 Å². The van der Waals surface area contributed by atoms with Crippen molar-refractivity contribution in [2.75, 3.05) is 104 Å². The highest BCUT2D eigenvalue weighted by atomic mass is 31.2. The van der Waals surface area contributed by atoms with Crippen molar-refractivity contribution in [2.45, 2.75) is 165 Å². The molecule has 0 radical (unpaired) electrons. The number of aliphatic hydroxyl groups excluding tert-OH is 2. The molecule has 0 saturated carbocycles. The van der Waals surface area contributed by atoms with Crippen molar-refractivity contribution in [1.82, 2.24) is 9.80 Å². The molecule has 0 aliphatic carbocycles. The number of hydrogen-bond donors (Lipinski definition) is 2. The molecule has 0 unspecified atom stereocenters. The van der Waals surface area contributed by atoms with Crippen LogP contribution in [0.2, 0.25) is 0 Å². The molecule has 0 bridgehead atoms. The maximum Gasteiger partial charge on any atom is 0.344 e. The molecule has 0 rings (SSSR count). The van der Waals surface area contributed by atoms with Crippen LogP contribution in [0, 0.1) is 0 Å². The summed E-state index contributed by atoms with van der Waals surface area (Å²) in [6, 6.07) is 0. The van der Waals surface area contributed by atoms with Crippen molar-refractivity contribution < 1.29 is 64.7 Å². The van der Waals surface area contributed by atoms with Gasteiger partial charge in [-0.2, -0.15) is 0 Å². The molecule has 0 spiro atoms. The number of unbranched alkanes of at least 4 members (excludes halogenated alkanes) is 8. The minimum Gasteiger partial charge on any atom is -0.396 e. The Hall–Kier alpha value is 0.440. The monoisotopic (exact) mass is 961 g/mol. The van der Waals surface area contributed by atoms with Gasteiger partial charge in [-0.25, -0.2) is 0 Å². The second kappa shape index (κ2) is 41.8. The Morgan fingerprint density at radius 2 is 0.508 bits per heavy atom. The van der Waals surface area contributed by atoms with Gasteiger partial charge in [-0.15, -0.1) is 0 Å². The SMILES string of the molecule is CCCCOP(=O)(CN(CCCO)CP(=O)(OCCCC)OCCCC)OCCCC.CCCCOP(=O)(CN(CCO)CP(=O)(OCCCC)OCCCC)OCCCC. The zero-order valence-electron chi connectivity index (χ0n) is 39.8. The average molecular weight is 961 g/mol. The molecule has 20 heteroatoms. The molecule has 16 nitrogen and oxygen atoms in total. The first-order valence-corrected chi connectivity index (χ1v) is 30.4. The van der Waals surface area contributed by atoms with Gasteiger partial charge < -0.3 is 46.4 Å². The Bertz CT molecular complexity index is 1040. The molecule has 0 heterocycles. The second-order valence-corrected chi connectivity index (χ2v) is 23.2. The van der Waals surface area contributed by atoms with Crippen LogP contribution in [0.4, 0.5) is 0 Å². The van der Waals surface area contributed by atoms with Crippen LogP contribution in [-0.4, -0.2) is 124 Å². The highest BCUT2D eigenvalue weighted by molar-refractivity contribution is 7.55. The van der Waals surface area contributed by atoms with Crippen LogP contribution in [0.15, 0.2) is 0 Å².